The molecule has 1 fully saturated rings. The number of ether oxygens (including phenoxy) is 2. The average molecular weight is 485 g/mol. The van der Waals surface area contributed by atoms with Crippen molar-refractivity contribution < 1.29 is 31.9 Å². The van der Waals surface area contributed by atoms with Gasteiger partial charge in [-0.1, -0.05) is 30.3 Å². The number of esters is 1. The van der Waals surface area contributed by atoms with Crippen LogP contribution in [0.2, 0.25) is 0 Å². The lowest BCUT2D eigenvalue weighted by Crippen LogP contribution is -2.44. The molecule has 1 aromatic heterocycles. The molecule has 9 nitrogen and oxygen atoms in total. The van der Waals surface area contributed by atoms with Crippen LogP contribution >= 0.6 is 0 Å². The normalized spacial score (nSPS) is 15.0. The Labute approximate surface area is 197 Å². The van der Waals surface area contributed by atoms with Crippen LogP contribution in [-0.4, -0.2) is 51.5 Å². The van der Waals surface area contributed by atoms with Crippen LogP contribution in [0.5, 0.6) is 0 Å². The Morgan fingerprint density at radius 1 is 0.971 bits per heavy atom. The fraction of sp³-hybridized carbons (Fsp3) is 0.250. The Morgan fingerprint density at radius 3 is 2.32 bits per heavy atom. The van der Waals surface area contributed by atoms with Gasteiger partial charge in [0.15, 0.2) is 0 Å². The lowest BCUT2D eigenvalue weighted by Gasteiger charge is -2.30. The summed E-state index contributed by atoms with van der Waals surface area (Å²) in [5.74, 6) is -0.590. The van der Waals surface area contributed by atoms with Gasteiger partial charge in [-0.3, -0.25) is 4.79 Å². The van der Waals surface area contributed by atoms with Crippen molar-refractivity contribution in [1.82, 2.24) is 9.62 Å². The van der Waals surface area contributed by atoms with Gasteiger partial charge >= 0.3 is 5.97 Å². The molecule has 10 heteroatoms. The van der Waals surface area contributed by atoms with Crippen LogP contribution in [0.15, 0.2) is 82.3 Å². The summed E-state index contributed by atoms with van der Waals surface area (Å²) < 4.78 is 43.5. The molecule has 1 saturated heterocycles. The Hall–Kier alpha value is -3.47. The van der Waals surface area contributed by atoms with Gasteiger partial charge in [-0.15, -0.1) is 0 Å². The molecule has 1 amide bonds. The van der Waals surface area contributed by atoms with E-state index in [0.717, 1.165) is 0 Å². The van der Waals surface area contributed by atoms with Gasteiger partial charge in [0, 0.05) is 18.7 Å². The van der Waals surface area contributed by atoms with E-state index in [-0.39, 0.29) is 22.9 Å². The van der Waals surface area contributed by atoms with Crippen molar-refractivity contribution in [3.8, 4) is 0 Å². The predicted octanol–water partition coefficient (Wildman–Crippen LogP) is 2.51. The van der Waals surface area contributed by atoms with Gasteiger partial charge in [-0.2, -0.15) is 0 Å². The summed E-state index contributed by atoms with van der Waals surface area (Å²) in [6, 6.07) is 17.4. The summed E-state index contributed by atoms with van der Waals surface area (Å²) in [6.45, 7) is 1.67. The van der Waals surface area contributed by atoms with Crippen molar-refractivity contribution in [3.63, 3.8) is 0 Å². The van der Waals surface area contributed by atoms with Gasteiger partial charge in [-0.05, 0) is 36.4 Å². The minimum absolute atomic E-state index is 0.00152. The molecule has 178 valence electrons. The van der Waals surface area contributed by atoms with Crippen LogP contribution in [0.25, 0.3) is 0 Å². The van der Waals surface area contributed by atoms with Crippen molar-refractivity contribution in [1.29, 1.82) is 0 Å². The summed E-state index contributed by atoms with van der Waals surface area (Å²) in [5, 5.41) is 0. The van der Waals surface area contributed by atoms with Gasteiger partial charge in [0.2, 0.25) is 16.1 Å². The molecule has 0 radical (unpaired) electrons. The first-order chi connectivity index (χ1) is 16.4. The molecule has 0 saturated carbocycles. The van der Waals surface area contributed by atoms with Crippen LogP contribution in [0, 0.1) is 0 Å². The average Bonchev–Trinajstić information content (AvgIpc) is 3.41. The number of sulfonamides is 1. The van der Waals surface area contributed by atoms with Crippen LogP contribution in [0.1, 0.15) is 27.8 Å². The molecule has 4 rings (SSSR count). The van der Waals surface area contributed by atoms with Gasteiger partial charge in [0.25, 0.3) is 5.91 Å². The number of benzene rings is 2. The van der Waals surface area contributed by atoms with Crippen molar-refractivity contribution >= 4 is 21.9 Å². The number of carbonyl (C=O) groups is 2. The van der Waals surface area contributed by atoms with Gasteiger partial charge < -0.3 is 18.8 Å². The Morgan fingerprint density at radius 2 is 1.68 bits per heavy atom. The molecule has 1 N–H and O–H groups in total. The summed E-state index contributed by atoms with van der Waals surface area (Å²) in [6.07, 6.45) is 0.335. The highest BCUT2D eigenvalue weighted by Crippen LogP contribution is 2.23. The molecular formula is C24H24N2O7S. The third-order valence-corrected chi connectivity index (χ3v) is 6.71. The zero-order valence-electron chi connectivity index (χ0n) is 18.3. The number of nitrogens with zero attached hydrogens (tertiary/aromatic N) is 1. The fourth-order valence-corrected chi connectivity index (χ4v) is 4.44. The van der Waals surface area contributed by atoms with E-state index in [4.69, 9.17) is 13.9 Å². The first-order valence-electron chi connectivity index (χ1n) is 10.7. The Kier molecular flexibility index (Phi) is 7.41. The van der Waals surface area contributed by atoms with E-state index in [1.807, 2.05) is 0 Å². The smallest absolute Gasteiger partial charge is 0.339 e. The van der Waals surface area contributed by atoms with Crippen molar-refractivity contribution in [2.45, 2.75) is 17.5 Å². The van der Waals surface area contributed by atoms with E-state index in [0.29, 0.717) is 37.6 Å². The molecule has 0 unspecified atom stereocenters. The van der Waals surface area contributed by atoms with E-state index in [9.17, 15) is 18.0 Å². The standard InChI is InChI=1S/C24H24N2O7S/c27-23(26-12-15-31-16-13-26)22(18-5-2-1-3-6-18)33-24(28)19-8-10-21(11-9-19)34(29,30)25-17-20-7-4-14-32-20/h1-11,14,22,25H,12-13,15-17H2/t22-/m1/s1. The number of morpholine rings is 1. The number of rotatable bonds is 8. The second-order valence-corrected chi connectivity index (χ2v) is 9.33. The molecule has 3 aromatic rings. The zero-order chi connectivity index (χ0) is 24.0. The van der Waals surface area contributed by atoms with Crippen LogP contribution in [0.4, 0.5) is 0 Å². The number of amides is 1. The van der Waals surface area contributed by atoms with Gasteiger partial charge in [0.1, 0.15) is 5.76 Å². The van der Waals surface area contributed by atoms with E-state index in [2.05, 4.69) is 4.72 Å². The lowest BCUT2D eigenvalue weighted by molar-refractivity contribution is -0.145. The number of hydrogen-bond acceptors (Lipinski definition) is 7. The zero-order valence-corrected chi connectivity index (χ0v) is 19.1. The highest BCUT2D eigenvalue weighted by molar-refractivity contribution is 7.89. The summed E-state index contributed by atoms with van der Waals surface area (Å²) in [4.78, 5) is 27.6. The molecule has 34 heavy (non-hydrogen) atoms. The molecule has 1 aliphatic rings. The summed E-state index contributed by atoms with van der Waals surface area (Å²) in [5.41, 5.74) is 0.675. The van der Waals surface area contributed by atoms with E-state index < -0.39 is 22.1 Å². The maximum absolute atomic E-state index is 13.1. The maximum Gasteiger partial charge on any atom is 0.339 e. The first-order valence-corrected chi connectivity index (χ1v) is 12.2. The Bertz CT molecular complexity index is 1200. The van der Waals surface area contributed by atoms with Crippen LogP contribution in [-0.2, 0) is 30.8 Å². The predicted molar refractivity (Wildman–Crippen MR) is 121 cm³/mol. The van der Waals surface area contributed by atoms with Crippen LogP contribution < -0.4 is 4.72 Å². The molecule has 0 aliphatic carbocycles. The molecular weight excluding hydrogens is 460 g/mol. The molecule has 1 atom stereocenters. The molecule has 1 aliphatic heterocycles. The molecule has 2 heterocycles. The number of furan rings is 1. The van der Waals surface area contributed by atoms with E-state index >= 15 is 0 Å². The largest absolute Gasteiger partial charge is 0.468 e. The van der Waals surface area contributed by atoms with E-state index in [1.165, 1.54) is 30.5 Å². The second-order valence-electron chi connectivity index (χ2n) is 7.56. The summed E-state index contributed by atoms with van der Waals surface area (Å²) >= 11 is 0. The van der Waals surface area contributed by atoms with Gasteiger partial charge in [-0.25, -0.2) is 17.9 Å². The molecule has 2 aromatic carbocycles. The lowest BCUT2D eigenvalue weighted by atomic mass is 10.1. The monoisotopic (exact) mass is 484 g/mol. The number of nitrogens with one attached hydrogen (secondary N) is 1. The maximum atomic E-state index is 13.1. The fourth-order valence-electron chi connectivity index (χ4n) is 3.45. The highest BCUT2D eigenvalue weighted by Gasteiger charge is 2.31. The number of carbonyl (C=O) groups excluding carboxylic acids is 2. The molecule has 0 bridgehead atoms. The van der Waals surface area contributed by atoms with Crippen molar-refractivity contribution in [2.24, 2.45) is 0 Å². The molecule has 0 spiro atoms. The van der Waals surface area contributed by atoms with Crippen LogP contribution in [0.3, 0.4) is 0 Å². The topological polar surface area (TPSA) is 115 Å². The SMILES string of the molecule is O=C(O[C@@H](C(=O)N1CCOCC1)c1ccccc1)c1ccc(S(=O)(=O)NCc2ccco2)cc1. The third kappa shape index (κ3) is 5.71. The first kappa shape index (κ1) is 23.7. The summed E-state index contributed by atoms with van der Waals surface area (Å²) in [7, 11) is -3.81. The third-order valence-electron chi connectivity index (χ3n) is 5.29. The van der Waals surface area contributed by atoms with Crippen molar-refractivity contribution in [2.75, 3.05) is 26.3 Å². The minimum atomic E-state index is -3.81. The minimum Gasteiger partial charge on any atom is -0.468 e. The Balaban J connectivity index is 1.47. The number of hydrogen-bond donors (Lipinski definition) is 1. The quantitative estimate of drug-likeness (QED) is 0.489. The highest BCUT2D eigenvalue weighted by atomic mass is 32.2. The van der Waals surface area contributed by atoms with Gasteiger partial charge in [0.05, 0.1) is 36.5 Å². The van der Waals surface area contributed by atoms with Crippen molar-refractivity contribution in [3.05, 3.63) is 89.9 Å². The van der Waals surface area contributed by atoms with E-state index in [1.54, 1.807) is 47.4 Å². The second kappa shape index (κ2) is 10.6.